The van der Waals surface area contributed by atoms with Crippen molar-refractivity contribution in [3.63, 3.8) is 0 Å². The van der Waals surface area contributed by atoms with Gasteiger partial charge < -0.3 is 25.5 Å². The quantitative estimate of drug-likeness (QED) is 0.348. The first kappa shape index (κ1) is 22.8. The van der Waals surface area contributed by atoms with Gasteiger partial charge in [-0.2, -0.15) is 0 Å². The lowest BCUT2D eigenvalue weighted by Gasteiger charge is -2.30. The van der Waals surface area contributed by atoms with Crippen LogP contribution in [0.5, 0.6) is 0 Å². The van der Waals surface area contributed by atoms with Gasteiger partial charge in [-0.3, -0.25) is 10.2 Å². The van der Waals surface area contributed by atoms with E-state index in [-0.39, 0.29) is 22.9 Å². The van der Waals surface area contributed by atoms with E-state index in [0.717, 1.165) is 12.8 Å². The van der Waals surface area contributed by atoms with Crippen molar-refractivity contribution < 1.29 is 19.0 Å². The molecule has 33 heavy (non-hydrogen) atoms. The van der Waals surface area contributed by atoms with E-state index in [0.29, 0.717) is 35.6 Å². The Hall–Kier alpha value is -3.37. The van der Waals surface area contributed by atoms with Crippen molar-refractivity contribution in [3.8, 4) is 0 Å². The van der Waals surface area contributed by atoms with Crippen molar-refractivity contribution in [3.05, 3.63) is 53.2 Å². The molecule has 9 nitrogen and oxygen atoms in total. The monoisotopic (exact) mass is 454 g/mol. The highest BCUT2D eigenvalue weighted by Gasteiger charge is 2.28. The molecule has 0 unspecified atom stereocenters. The fourth-order valence-electron chi connectivity index (χ4n) is 4.10. The number of aliphatic hydroxyl groups excluding tert-OH is 1. The third kappa shape index (κ3) is 4.71. The summed E-state index contributed by atoms with van der Waals surface area (Å²) in [4.78, 5) is 24.7. The van der Waals surface area contributed by atoms with Crippen LogP contribution in [0.2, 0.25) is 0 Å². The average molecular weight is 455 g/mol. The molecule has 0 radical (unpaired) electrons. The van der Waals surface area contributed by atoms with Gasteiger partial charge in [0.2, 0.25) is 0 Å². The van der Waals surface area contributed by atoms with E-state index in [1.807, 2.05) is 0 Å². The van der Waals surface area contributed by atoms with E-state index in [4.69, 9.17) is 10.1 Å². The molecule has 3 aromatic rings. The predicted molar refractivity (Wildman–Crippen MR) is 122 cm³/mol. The number of aromatic amines is 1. The van der Waals surface area contributed by atoms with Crippen LogP contribution in [0.15, 0.2) is 30.6 Å². The Morgan fingerprint density at radius 2 is 2.09 bits per heavy atom. The third-order valence-corrected chi connectivity index (χ3v) is 6.02. The first-order valence-electron chi connectivity index (χ1n) is 10.9. The number of nitrogens with one attached hydrogen (secondary N) is 4. The van der Waals surface area contributed by atoms with Crippen molar-refractivity contribution in [1.29, 1.82) is 5.41 Å². The lowest BCUT2D eigenvalue weighted by atomic mass is 9.90. The highest BCUT2D eigenvalue weighted by molar-refractivity contribution is 6.14. The second-order valence-electron chi connectivity index (χ2n) is 8.17. The third-order valence-electron chi connectivity index (χ3n) is 6.02. The summed E-state index contributed by atoms with van der Waals surface area (Å²) in [6.07, 6.45) is 3.77. The lowest BCUT2D eigenvalue weighted by molar-refractivity contribution is -0.00424. The van der Waals surface area contributed by atoms with Gasteiger partial charge in [-0.15, -0.1) is 0 Å². The van der Waals surface area contributed by atoms with Crippen molar-refractivity contribution >= 4 is 28.5 Å². The van der Waals surface area contributed by atoms with E-state index in [1.54, 1.807) is 14.0 Å². The highest BCUT2D eigenvalue weighted by Crippen LogP contribution is 2.23. The summed E-state index contributed by atoms with van der Waals surface area (Å²) in [5.41, 5.74) is 2.19. The van der Waals surface area contributed by atoms with Gasteiger partial charge in [0.25, 0.3) is 5.91 Å². The number of H-pyrrole nitrogens is 1. The van der Waals surface area contributed by atoms with Gasteiger partial charge in [-0.05, 0) is 43.9 Å². The number of aliphatic hydroxyl groups is 1. The normalized spacial score (nSPS) is 16.4. The van der Waals surface area contributed by atoms with Gasteiger partial charge >= 0.3 is 0 Å². The van der Waals surface area contributed by atoms with Crippen molar-refractivity contribution in [2.75, 3.05) is 25.6 Å². The minimum atomic E-state index is -0.684. The van der Waals surface area contributed by atoms with E-state index < -0.39 is 23.9 Å². The first-order valence-corrected chi connectivity index (χ1v) is 10.9. The molecule has 1 aliphatic heterocycles. The number of aromatic nitrogens is 3. The maximum Gasteiger partial charge on any atom is 0.255 e. The van der Waals surface area contributed by atoms with Gasteiger partial charge in [0, 0.05) is 37.7 Å². The molecule has 5 N–H and O–H groups in total. The zero-order valence-electron chi connectivity index (χ0n) is 18.5. The van der Waals surface area contributed by atoms with Crippen LogP contribution in [-0.2, 0) is 4.74 Å². The smallest absolute Gasteiger partial charge is 0.255 e. The molecule has 4 rings (SSSR count). The summed E-state index contributed by atoms with van der Waals surface area (Å²) in [6, 6.07) is 3.62. The van der Waals surface area contributed by atoms with Crippen LogP contribution in [0.1, 0.15) is 41.4 Å². The Balaban J connectivity index is 1.56. The van der Waals surface area contributed by atoms with Gasteiger partial charge in [-0.1, -0.05) is 0 Å². The molecule has 0 bridgehead atoms. The first-order chi connectivity index (χ1) is 15.9. The molecule has 0 saturated carbocycles. The zero-order chi connectivity index (χ0) is 23.5. The van der Waals surface area contributed by atoms with E-state index in [2.05, 4.69) is 25.6 Å². The lowest BCUT2D eigenvalue weighted by Crippen LogP contribution is -2.45. The number of amides is 1. The average Bonchev–Trinajstić information content (AvgIpc) is 3.27. The zero-order valence-corrected chi connectivity index (χ0v) is 18.5. The number of anilines is 1. The highest BCUT2D eigenvalue weighted by atomic mass is 19.1. The van der Waals surface area contributed by atoms with Crippen LogP contribution in [0, 0.1) is 17.1 Å². The number of hydrogen-bond donors (Lipinski definition) is 5. The number of halogens is 1. The molecule has 3 heterocycles. The SMILES string of the molecule is CNc1cc(F)ccc1C(=N)c1cnc2[nH]cc(C(=O)N[C@H](C)[C@@H](O)C3CCOCC3)c2n1. The maximum absolute atomic E-state index is 13.6. The largest absolute Gasteiger partial charge is 0.391 e. The van der Waals surface area contributed by atoms with Gasteiger partial charge in [0.15, 0.2) is 5.65 Å². The van der Waals surface area contributed by atoms with Gasteiger partial charge in [-0.25, -0.2) is 14.4 Å². The number of rotatable bonds is 7. The van der Waals surface area contributed by atoms with Crippen molar-refractivity contribution in [2.45, 2.75) is 31.9 Å². The molecule has 1 aromatic carbocycles. The predicted octanol–water partition coefficient (Wildman–Crippen LogP) is 2.46. The molecule has 10 heteroatoms. The number of ether oxygens (including phenoxy) is 1. The molecule has 2 atom stereocenters. The van der Waals surface area contributed by atoms with E-state index >= 15 is 0 Å². The van der Waals surface area contributed by atoms with E-state index in [9.17, 15) is 14.3 Å². The van der Waals surface area contributed by atoms with Crippen LogP contribution in [-0.4, -0.2) is 64.1 Å². The topological polar surface area (TPSA) is 136 Å². The van der Waals surface area contributed by atoms with Crippen LogP contribution in [0.25, 0.3) is 11.2 Å². The molecule has 0 spiro atoms. The van der Waals surface area contributed by atoms with Crippen LogP contribution in [0.4, 0.5) is 10.1 Å². The van der Waals surface area contributed by atoms with Crippen LogP contribution in [0.3, 0.4) is 0 Å². The number of benzene rings is 1. The summed E-state index contributed by atoms with van der Waals surface area (Å²) < 4.78 is 18.9. The Bertz CT molecular complexity index is 1170. The molecular weight excluding hydrogens is 427 g/mol. The van der Waals surface area contributed by atoms with Crippen molar-refractivity contribution in [1.82, 2.24) is 20.3 Å². The molecule has 1 fully saturated rings. The van der Waals surface area contributed by atoms with E-state index in [1.165, 1.54) is 30.6 Å². The fourth-order valence-corrected chi connectivity index (χ4v) is 4.10. The number of carbonyl (C=O) groups excluding carboxylic acids is 1. The van der Waals surface area contributed by atoms with Gasteiger partial charge in [0.1, 0.15) is 17.0 Å². The number of hydrogen-bond acceptors (Lipinski definition) is 7. The van der Waals surface area contributed by atoms with Crippen molar-refractivity contribution in [2.24, 2.45) is 5.92 Å². The summed E-state index contributed by atoms with van der Waals surface area (Å²) in [5.74, 6) is -0.740. The Morgan fingerprint density at radius 3 is 2.82 bits per heavy atom. The second kappa shape index (κ2) is 9.63. The summed E-state index contributed by atoms with van der Waals surface area (Å²) in [5, 5.41) is 24.9. The number of fused-ring (bicyclic) bond motifs is 1. The Labute approximate surface area is 190 Å². The van der Waals surface area contributed by atoms with Crippen LogP contribution >= 0.6 is 0 Å². The molecule has 2 aromatic heterocycles. The second-order valence-corrected chi connectivity index (χ2v) is 8.17. The van der Waals surface area contributed by atoms with Crippen LogP contribution < -0.4 is 10.6 Å². The molecule has 1 aliphatic rings. The Morgan fingerprint density at radius 1 is 1.33 bits per heavy atom. The summed E-state index contributed by atoms with van der Waals surface area (Å²) >= 11 is 0. The summed E-state index contributed by atoms with van der Waals surface area (Å²) in [7, 11) is 1.64. The van der Waals surface area contributed by atoms with Gasteiger partial charge in [0.05, 0.1) is 29.6 Å². The number of carbonyl (C=O) groups is 1. The fraction of sp³-hybridized carbons (Fsp3) is 0.391. The summed E-state index contributed by atoms with van der Waals surface area (Å²) in [6.45, 7) is 2.99. The molecule has 1 saturated heterocycles. The minimum Gasteiger partial charge on any atom is -0.391 e. The molecule has 174 valence electrons. The number of nitrogens with zero attached hydrogens (tertiary/aromatic N) is 2. The minimum absolute atomic E-state index is 0.0459. The molecular formula is C23H27FN6O3. The standard InChI is InChI=1S/C23H27FN6O3/c1-12(21(31)13-5-7-33-8-6-13)29-23(32)16-10-27-22-20(16)30-18(11-28-22)19(25)15-4-3-14(24)9-17(15)26-2/h3-4,9-13,21,25-26,31H,5-8H2,1-2H3,(H,27,28)(H,29,32)/t12-,21-/m1/s1. The molecule has 1 amide bonds. The Kier molecular flexibility index (Phi) is 6.66. The molecule has 0 aliphatic carbocycles. The maximum atomic E-state index is 13.6.